The molecule has 1 aliphatic heterocycles. The number of esters is 1. The van der Waals surface area contributed by atoms with Gasteiger partial charge in [-0.15, -0.1) is 0 Å². The number of amides is 1. The van der Waals surface area contributed by atoms with Crippen molar-refractivity contribution in [3.8, 4) is 11.5 Å². The Morgan fingerprint density at radius 3 is 2.28 bits per heavy atom. The van der Waals surface area contributed by atoms with Crippen molar-refractivity contribution in [2.24, 2.45) is 0 Å². The number of para-hydroxylation sites is 1. The number of nitrogens with one attached hydrogen (secondary N) is 1. The minimum absolute atomic E-state index is 0.186. The molecule has 6 nitrogen and oxygen atoms in total. The summed E-state index contributed by atoms with van der Waals surface area (Å²) in [6, 6.07) is 21.3. The van der Waals surface area contributed by atoms with E-state index in [1.54, 1.807) is 6.07 Å². The van der Waals surface area contributed by atoms with Crippen molar-refractivity contribution < 1.29 is 23.8 Å². The number of methoxy groups -OCH3 is 1. The summed E-state index contributed by atoms with van der Waals surface area (Å²) < 4.78 is 16.5. The van der Waals surface area contributed by atoms with Gasteiger partial charge < -0.3 is 19.5 Å². The minimum Gasteiger partial charge on any atom is -0.469 e. The van der Waals surface area contributed by atoms with E-state index in [4.69, 9.17) is 14.2 Å². The summed E-state index contributed by atoms with van der Waals surface area (Å²) in [5.41, 5.74) is 4.11. The molecule has 1 aliphatic rings. The summed E-state index contributed by atoms with van der Waals surface area (Å²) in [6.07, 6.45) is 1.94. The Labute approximate surface area is 212 Å². The first-order valence-electron chi connectivity index (χ1n) is 12.3. The van der Waals surface area contributed by atoms with Gasteiger partial charge >= 0.3 is 5.97 Å². The van der Waals surface area contributed by atoms with Crippen LogP contribution in [-0.4, -0.2) is 32.2 Å². The molecular formula is C30H33NO5. The Morgan fingerprint density at radius 1 is 0.917 bits per heavy atom. The molecule has 3 aromatic rings. The van der Waals surface area contributed by atoms with Gasteiger partial charge in [0.15, 0.2) is 0 Å². The molecule has 1 saturated heterocycles. The van der Waals surface area contributed by atoms with Gasteiger partial charge in [0.05, 0.1) is 12.6 Å². The third-order valence-corrected chi connectivity index (χ3v) is 6.60. The van der Waals surface area contributed by atoms with E-state index in [2.05, 4.69) is 37.4 Å². The second kappa shape index (κ2) is 11.4. The highest BCUT2D eigenvalue weighted by Crippen LogP contribution is 2.34. The van der Waals surface area contributed by atoms with Gasteiger partial charge in [0, 0.05) is 25.2 Å². The molecule has 0 bridgehead atoms. The summed E-state index contributed by atoms with van der Waals surface area (Å²) in [5, 5.41) is 3.36. The monoisotopic (exact) mass is 487 g/mol. The minimum atomic E-state index is -0.540. The molecule has 0 aromatic heterocycles. The number of carbonyl (C=O) groups excluding carboxylic acids is 2. The maximum Gasteiger partial charge on any atom is 0.305 e. The molecule has 0 aliphatic carbocycles. The average molecular weight is 488 g/mol. The molecule has 0 spiro atoms. The van der Waals surface area contributed by atoms with Gasteiger partial charge in [-0.1, -0.05) is 53.6 Å². The van der Waals surface area contributed by atoms with Crippen LogP contribution in [0.5, 0.6) is 11.5 Å². The number of benzene rings is 3. The predicted molar refractivity (Wildman–Crippen MR) is 138 cm³/mol. The van der Waals surface area contributed by atoms with E-state index in [1.807, 2.05) is 42.5 Å². The first-order valence-corrected chi connectivity index (χ1v) is 12.3. The molecular weight excluding hydrogens is 454 g/mol. The van der Waals surface area contributed by atoms with Crippen LogP contribution < -0.4 is 10.1 Å². The molecule has 0 atom stereocenters. The van der Waals surface area contributed by atoms with Gasteiger partial charge in [-0.05, 0) is 68.5 Å². The van der Waals surface area contributed by atoms with Gasteiger partial charge in [-0.2, -0.15) is 0 Å². The molecule has 0 unspecified atom stereocenters. The molecule has 36 heavy (non-hydrogen) atoms. The van der Waals surface area contributed by atoms with Gasteiger partial charge in [-0.25, -0.2) is 0 Å². The fourth-order valence-corrected chi connectivity index (χ4v) is 4.75. The molecule has 4 rings (SSSR count). The van der Waals surface area contributed by atoms with Gasteiger partial charge in [-0.3, -0.25) is 9.59 Å². The topological polar surface area (TPSA) is 73.9 Å². The second-order valence-electron chi connectivity index (χ2n) is 9.34. The largest absolute Gasteiger partial charge is 0.469 e. The maximum atomic E-state index is 13.9. The van der Waals surface area contributed by atoms with E-state index in [0.717, 1.165) is 22.3 Å². The van der Waals surface area contributed by atoms with Gasteiger partial charge in [0.2, 0.25) is 0 Å². The standard InChI is InChI=1S/C30H33NO5/c1-21-17-22(2)19-24(18-21)30(13-15-35-16-14-30)31-29(33)27-20-26(36-25-7-5-4-6-8-25)11-9-23(27)10-12-28(32)34-3/h4-9,11,17-20H,10,12-16H2,1-3H3,(H,31,33). The van der Waals surface area contributed by atoms with Crippen molar-refractivity contribution >= 4 is 11.9 Å². The zero-order chi connectivity index (χ0) is 25.5. The molecule has 1 amide bonds. The van der Waals surface area contributed by atoms with Crippen molar-refractivity contribution in [3.63, 3.8) is 0 Å². The lowest BCUT2D eigenvalue weighted by atomic mass is 9.81. The van der Waals surface area contributed by atoms with Crippen LogP contribution in [0.3, 0.4) is 0 Å². The Kier molecular flexibility index (Phi) is 8.06. The third-order valence-electron chi connectivity index (χ3n) is 6.60. The van der Waals surface area contributed by atoms with Crippen LogP contribution in [0.4, 0.5) is 0 Å². The quantitative estimate of drug-likeness (QED) is 0.417. The maximum absolute atomic E-state index is 13.9. The van der Waals surface area contributed by atoms with Crippen LogP contribution in [0, 0.1) is 13.8 Å². The third kappa shape index (κ3) is 6.13. The van der Waals surface area contributed by atoms with Gasteiger partial charge in [0.1, 0.15) is 11.5 Å². The molecule has 3 aromatic carbocycles. The summed E-state index contributed by atoms with van der Waals surface area (Å²) in [5.74, 6) is 0.722. The smallest absolute Gasteiger partial charge is 0.305 e. The highest BCUT2D eigenvalue weighted by Gasteiger charge is 2.37. The van der Waals surface area contributed by atoms with Crippen LogP contribution in [0.1, 0.15) is 51.9 Å². The fourth-order valence-electron chi connectivity index (χ4n) is 4.75. The first kappa shape index (κ1) is 25.5. The molecule has 0 saturated carbocycles. The van der Waals surface area contributed by atoms with Gasteiger partial charge in [0.25, 0.3) is 5.91 Å². The van der Waals surface area contributed by atoms with Crippen molar-refractivity contribution in [2.45, 2.75) is 45.1 Å². The summed E-state index contributed by atoms with van der Waals surface area (Å²) in [7, 11) is 1.37. The van der Waals surface area contributed by atoms with Crippen molar-refractivity contribution in [1.82, 2.24) is 5.32 Å². The fraction of sp³-hybridized carbons (Fsp3) is 0.333. The predicted octanol–water partition coefficient (Wildman–Crippen LogP) is 5.64. The van der Waals surface area contributed by atoms with Crippen molar-refractivity contribution in [2.75, 3.05) is 20.3 Å². The lowest BCUT2D eigenvalue weighted by Gasteiger charge is -2.39. The molecule has 0 radical (unpaired) electrons. The van der Waals surface area contributed by atoms with Crippen molar-refractivity contribution in [3.05, 3.63) is 94.5 Å². The molecule has 1 heterocycles. The average Bonchev–Trinajstić information content (AvgIpc) is 2.88. The Bertz CT molecular complexity index is 1200. The van der Waals surface area contributed by atoms with E-state index in [9.17, 15) is 9.59 Å². The second-order valence-corrected chi connectivity index (χ2v) is 9.34. The Morgan fingerprint density at radius 2 is 1.61 bits per heavy atom. The van der Waals surface area contributed by atoms with E-state index in [0.29, 0.717) is 49.5 Å². The number of aryl methyl sites for hydroxylation is 3. The lowest BCUT2D eigenvalue weighted by molar-refractivity contribution is -0.140. The summed E-state index contributed by atoms with van der Waals surface area (Å²) in [6.45, 7) is 5.28. The normalized spacial score (nSPS) is 14.6. The van der Waals surface area contributed by atoms with E-state index >= 15 is 0 Å². The molecule has 6 heteroatoms. The Balaban J connectivity index is 1.68. The van der Waals surface area contributed by atoms with E-state index in [-0.39, 0.29) is 18.3 Å². The summed E-state index contributed by atoms with van der Waals surface area (Å²) in [4.78, 5) is 25.7. The van der Waals surface area contributed by atoms with Crippen LogP contribution in [0.25, 0.3) is 0 Å². The molecule has 1 fully saturated rings. The number of hydrogen-bond donors (Lipinski definition) is 1. The summed E-state index contributed by atoms with van der Waals surface area (Å²) >= 11 is 0. The number of ether oxygens (including phenoxy) is 3. The lowest BCUT2D eigenvalue weighted by Crippen LogP contribution is -2.49. The zero-order valence-corrected chi connectivity index (χ0v) is 21.1. The number of hydrogen-bond acceptors (Lipinski definition) is 5. The SMILES string of the molecule is COC(=O)CCc1ccc(Oc2ccccc2)cc1C(=O)NC1(c2cc(C)cc(C)c2)CCOCC1. The highest BCUT2D eigenvalue weighted by molar-refractivity contribution is 5.97. The van der Waals surface area contributed by atoms with E-state index in [1.165, 1.54) is 7.11 Å². The Hall–Kier alpha value is -3.64. The number of carbonyl (C=O) groups is 2. The molecule has 1 N–H and O–H groups in total. The van der Waals surface area contributed by atoms with Crippen LogP contribution in [0.15, 0.2) is 66.7 Å². The zero-order valence-electron chi connectivity index (χ0n) is 21.1. The molecule has 188 valence electrons. The first-order chi connectivity index (χ1) is 17.4. The van der Waals surface area contributed by atoms with Crippen molar-refractivity contribution in [1.29, 1.82) is 0 Å². The van der Waals surface area contributed by atoms with Crippen LogP contribution in [0.2, 0.25) is 0 Å². The van der Waals surface area contributed by atoms with E-state index < -0.39 is 5.54 Å². The highest BCUT2D eigenvalue weighted by atomic mass is 16.5. The number of rotatable bonds is 8. The van der Waals surface area contributed by atoms with Crippen LogP contribution in [-0.2, 0) is 26.2 Å². The van der Waals surface area contributed by atoms with Crippen LogP contribution >= 0.6 is 0 Å².